The van der Waals surface area contributed by atoms with Gasteiger partial charge in [0, 0.05) is 17.7 Å². The summed E-state index contributed by atoms with van der Waals surface area (Å²) in [5.41, 5.74) is 8.76. The number of nitrogens with two attached hydrogens (primary N) is 1. The molecule has 1 amide bonds. The van der Waals surface area contributed by atoms with Crippen LogP contribution in [0.4, 0.5) is 0 Å². The Labute approximate surface area is 221 Å². The number of amides is 1. The molecule has 2 atom stereocenters. The number of benzene rings is 1. The number of fused-ring (bicyclic) bond motifs is 1. The van der Waals surface area contributed by atoms with Gasteiger partial charge in [-0.2, -0.15) is 0 Å². The zero-order chi connectivity index (χ0) is 26.6. The third kappa shape index (κ3) is 6.79. The van der Waals surface area contributed by atoms with Gasteiger partial charge in [-0.3, -0.25) is 9.59 Å². The first-order valence-electron chi connectivity index (χ1n) is 12.3. The number of methoxy groups -OCH3 is 1. The number of ketones is 1. The fraction of sp³-hybridized carbons (Fsp3) is 0.556. The SMILES string of the molecule is CCc1sc(C(=O)CCc2cc(Cl)c(OCC(O)CC(O)C(N)=O)c(OC)c2)c2c1CC(C)(C)CC2. The summed E-state index contributed by atoms with van der Waals surface area (Å²) in [6.45, 7) is 6.53. The van der Waals surface area contributed by atoms with Gasteiger partial charge in [-0.05, 0) is 66.3 Å². The van der Waals surface area contributed by atoms with Crippen LogP contribution in [0.5, 0.6) is 11.5 Å². The number of halogens is 1. The highest BCUT2D eigenvalue weighted by Crippen LogP contribution is 2.42. The predicted molar refractivity (Wildman–Crippen MR) is 141 cm³/mol. The summed E-state index contributed by atoms with van der Waals surface area (Å²) in [7, 11) is 1.48. The molecular weight excluding hydrogens is 502 g/mol. The van der Waals surface area contributed by atoms with Crippen LogP contribution >= 0.6 is 22.9 Å². The topological polar surface area (TPSA) is 119 Å². The minimum atomic E-state index is -1.46. The third-order valence-corrected chi connectivity index (χ3v) is 8.40. The number of carbonyl (C=O) groups is 2. The molecule has 0 fully saturated rings. The molecule has 1 aromatic heterocycles. The lowest BCUT2D eigenvalue weighted by Gasteiger charge is -2.30. The maximum atomic E-state index is 13.2. The summed E-state index contributed by atoms with van der Waals surface area (Å²) in [5.74, 6) is -0.149. The van der Waals surface area contributed by atoms with Crippen molar-refractivity contribution in [2.24, 2.45) is 11.1 Å². The third-order valence-electron chi connectivity index (χ3n) is 6.66. The van der Waals surface area contributed by atoms with Crippen LogP contribution < -0.4 is 15.2 Å². The highest BCUT2D eigenvalue weighted by molar-refractivity contribution is 7.14. The van der Waals surface area contributed by atoms with Crippen LogP contribution in [-0.2, 0) is 30.5 Å². The second-order valence-corrected chi connectivity index (χ2v) is 11.7. The molecule has 1 aromatic carbocycles. The Morgan fingerprint density at radius 3 is 2.61 bits per heavy atom. The zero-order valence-electron chi connectivity index (χ0n) is 21.4. The molecular formula is C27H36ClNO6S. The average molecular weight is 538 g/mol. The molecule has 1 aliphatic rings. The molecule has 198 valence electrons. The van der Waals surface area contributed by atoms with Gasteiger partial charge in [-0.25, -0.2) is 0 Å². The standard InChI is InChI=1S/C27H36ClNO6S/c1-5-23-18-13-27(2,3)9-8-17(18)25(36-23)20(31)7-6-15-10-19(28)24(22(11-15)34-4)35-14-16(30)12-21(32)26(29)33/h10-11,16,21,30,32H,5-9,12-14H2,1-4H3,(H2,29,33). The minimum Gasteiger partial charge on any atom is -0.493 e. The van der Waals surface area contributed by atoms with Crippen LogP contribution in [0.2, 0.25) is 5.02 Å². The van der Waals surface area contributed by atoms with Gasteiger partial charge in [0.1, 0.15) is 12.7 Å². The summed E-state index contributed by atoms with van der Waals surface area (Å²) < 4.78 is 11.0. The molecule has 2 unspecified atom stereocenters. The molecule has 0 bridgehead atoms. The van der Waals surface area contributed by atoms with Crippen molar-refractivity contribution in [1.29, 1.82) is 0 Å². The summed E-state index contributed by atoms with van der Waals surface area (Å²) in [6, 6.07) is 3.49. The second-order valence-electron chi connectivity index (χ2n) is 10.2. The molecule has 0 spiro atoms. The van der Waals surface area contributed by atoms with Crippen LogP contribution in [0.1, 0.15) is 71.3 Å². The zero-order valence-corrected chi connectivity index (χ0v) is 22.9. The number of thiophene rings is 1. The molecule has 1 aliphatic carbocycles. The number of ether oxygens (including phenoxy) is 2. The smallest absolute Gasteiger partial charge is 0.246 e. The van der Waals surface area contributed by atoms with E-state index in [1.807, 2.05) is 0 Å². The molecule has 2 aromatic rings. The average Bonchev–Trinajstić information content (AvgIpc) is 3.17. The molecule has 0 aliphatic heterocycles. The van der Waals surface area contributed by atoms with Gasteiger partial charge in [-0.1, -0.05) is 32.4 Å². The van der Waals surface area contributed by atoms with Gasteiger partial charge in [0.15, 0.2) is 17.3 Å². The fourth-order valence-electron chi connectivity index (χ4n) is 4.61. The molecule has 0 saturated heterocycles. The Balaban J connectivity index is 1.68. The van der Waals surface area contributed by atoms with E-state index in [4.69, 9.17) is 26.8 Å². The van der Waals surface area contributed by atoms with E-state index >= 15 is 0 Å². The van der Waals surface area contributed by atoms with Crippen LogP contribution in [-0.4, -0.2) is 47.8 Å². The van der Waals surface area contributed by atoms with Gasteiger partial charge in [0.25, 0.3) is 0 Å². The van der Waals surface area contributed by atoms with E-state index < -0.39 is 18.1 Å². The van der Waals surface area contributed by atoms with Crippen molar-refractivity contribution in [2.45, 2.75) is 77.9 Å². The quantitative estimate of drug-likeness (QED) is 0.348. The van der Waals surface area contributed by atoms with Crippen LogP contribution in [0, 0.1) is 5.41 Å². The predicted octanol–water partition coefficient (Wildman–Crippen LogP) is 4.28. The lowest BCUT2D eigenvalue weighted by molar-refractivity contribution is -0.127. The van der Waals surface area contributed by atoms with Gasteiger partial charge in [-0.15, -0.1) is 11.3 Å². The highest BCUT2D eigenvalue weighted by atomic mass is 35.5. The Kier molecular flexibility index (Phi) is 9.44. The minimum absolute atomic E-state index is 0.155. The van der Waals surface area contributed by atoms with Crippen molar-refractivity contribution in [3.63, 3.8) is 0 Å². The number of hydrogen-bond donors (Lipinski definition) is 3. The monoisotopic (exact) mass is 537 g/mol. The van der Waals surface area contributed by atoms with Gasteiger partial charge in [0.05, 0.1) is 23.1 Å². The van der Waals surface area contributed by atoms with Gasteiger partial charge >= 0.3 is 0 Å². The summed E-state index contributed by atoms with van der Waals surface area (Å²) >= 11 is 8.09. The van der Waals surface area contributed by atoms with Crippen molar-refractivity contribution in [3.05, 3.63) is 43.6 Å². The van der Waals surface area contributed by atoms with Crippen LogP contribution in [0.25, 0.3) is 0 Å². The number of aliphatic hydroxyl groups excluding tert-OH is 2. The number of aryl methyl sites for hydroxylation is 2. The summed E-state index contributed by atoms with van der Waals surface area (Å²) in [5, 5.41) is 19.8. The van der Waals surface area contributed by atoms with Crippen molar-refractivity contribution < 1.29 is 29.3 Å². The fourth-order valence-corrected chi connectivity index (χ4v) is 6.17. The Morgan fingerprint density at radius 2 is 1.97 bits per heavy atom. The van der Waals surface area contributed by atoms with Gasteiger partial charge < -0.3 is 25.4 Å². The summed E-state index contributed by atoms with van der Waals surface area (Å²) in [6.07, 6.45) is 2.04. The maximum Gasteiger partial charge on any atom is 0.246 e. The Morgan fingerprint density at radius 1 is 1.25 bits per heavy atom. The number of Topliss-reactive ketones (excluding diaryl/α,β-unsaturated/α-hetero) is 1. The molecule has 0 radical (unpaired) electrons. The van der Waals surface area contributed by atoms with E-state index in [-0.39, 0.29) is 35.0 Å². The lowest BCUT2D eigenvalue weighted by Crippen LogP contribution is -2.33. The van der Waals surface area contributed by atoms with E-state index in [1.165, 1.54) is 23.1 Å². The normalized spacial score (nSPS) is 16.2. The number of hydrogen-bond acceptors (Lipinski definition) is 7. The van der Waals surface area contributed by atoms with Crippen molar-refractivity contribution >= 4 is 34.6 Å². The number of rotatable bonds is 12. The molecule has 4 N–H and O–H groups in total. The van der Waals surface area contributed by atoms with E-state index in [2.05, 4.69) is 20.8 Å². The van der Waals surface area contributed by atoms with Crippen molar-refractivity contribution in [2.75, 3.05) is 13.7 Å². The first kappa shape index (κ1) is 28.4. The molecule has 3 rings (SSSR count). The summed E-state index contributed by atoms with van der Waals surface area (Å²) in [4.78, 5) is 26.4. The first-order chi connectivity index (χ1) is 17.0. The van der Waals surface area contributed by atoms with E-state index in [0.29, 0.717) is 18.6 Å². The molecule has 36 heavy (non-hydrogen) atoms. The molecule has 7 nitrogen and oxygen atoms in total. The first-order valence-corrected chi connectivity index (χ1v) is 13.5. The largest absolute Gasteiger partial charge is 0.493 e. The van der Waals surface area contributed by atoms with Crippen molar-refractivity contribution in [3.8, 4) is 11.5 Å². The number of carbonyl (C=O) groups excluding carboxylic acids is 2. The van der Waals surface area contributed by atoms with Gasteiger partial charge in [0.2, 0.25) is 5.91 Å². The maximum absolute atomic E-state index is 13.2. The van der Waals surface area contributed by atoms with E-state index in [1.54, 1.807) is 23.5 Å². The Hall–Kier alpha value is -2.13. The number of aliphatic hydroxyl groups is 2. The number of primary amides is 1. The van der Waals surface area contributed by atoms with Crippen molar-refractivity contribution in [1.82, 2.24) is 0 Å². The Bertz CT molecular complexity index is 1110. The second kappa shape index (κ2) is 11.9. The van der Waals surface area contributed by atoms with Crippen LogP contribution in [0.3, 0.4) is 0 Å². The molecule has 9 heteroatoms. The highest BCUT2D eigenvalue weighted by Gasteiger charge is 2.31. The molecule has 0 saturated carbocycles. The van der Waals surface area contributed by atoms with Crippen LogP contribution in [0.15, 0.2) is 12.1 Å². The lowest BCUT2D eigenvalue weighted by atomic mass is 9.74. The van der Waals surface area contributed by atoms with E-state index in [9.17, 15) is 19.8 Å². The van der Waals surface area contributed by atoms with E-state index in [0.717, 1.165) is 36.1 Å². The molecule has 1 heterocycles.